The van der Waals surface area contributed by atoms with Crippen molar-refractivity contribution < 1.29 is 19.4 Å². The second kappa shape index (κ2) is 7.00. The molecular formula is C17H18N2O4. The Morgan fingerprint density at radius 2 is 1.96 bits per heavy atom. The van der Waals surface area contributed by atoms with Crippen LogP contribution < -0.4 is 9.47 Å². The first-order chi connectivity index (χ1) is 11.2. The fraction of sp³-hybridized carbons (Fsp3) is 0.294. The molecular weight excluding hydrogens is 296 g/mol. The maximum absolute atomic E-state index is 12.1. The van der Waals surface area contributed by atoms with E-state index in [1.165, 1.54) is 6.20 Å². The van der Waals surface area contributed by atoms with Gasteiger partial charge in [0.1, 0.15) is 17.6 Å². The van der Waals surface area contributed by atoms with Crippen molar-refractivity contribution in [1.82, 2.24) is 9.88 Å². The Hall–Kier alpha value is -2.76. The summed E-state index contributed by atoms with van der Waals surface area (Å²) in [6.07, 6.45) is 4.24. The van der Waals surface area contributed by atoms with Gasteiger partial charge in [-0.05, 0) is 24.3 Å². The maximum atomic E-state index is 12.1. The van der Waals surface area contributed by atoms with E-state index in [0.29, 0.717) is 24.6 Å². The Morgan fingerprint density at radius 1 is 1.17 bits per heavy atom. The number of hydrogen-bond acceptors (Lipinski definition) is 5. The third kappa shape index (κ3) is 4.12. The largest absolute Gasteiger partial charge is 0.508 e. The van der Waals surface area contributed by atoms with Crippen molar-refractivity contribution in [2.75, 3.05) is 13.1 Å². The Labute approximate surface area is 134 Å². The third-order valence-corrected chi connectivity index (χ3v) is 3.66. The van der Waals surface area contributed by atoms with Gasteiger partial charge in [0.15, 0.2) is 5.75 Å². The standard InChI is InChI=1S/C17H18N2O4/c20-13-3-1-4-15(11-13)22-14-6-9-19(10-7-14)17(21)23-16-5-2-8-18-12-16/h1-5,8,11-12,14,20H,6-7,9-10H2. The number of amides is 1. The predicted octanol–water partition coefficient (Wildman–Crippen LogP) is 2.83. The highest BCUT2D eigenvalue weighted by Crippen LogP contribution is 2.23. The van der Waals surface area contributed by atoms with Gasteiger partial charge in [0.05, 0.1) is 6.20 Å². The molecule has 0 bridgehead atoms. The van der Waals surface area contributed by atoms with Crippen LogP contribution in [0.3, 0.4) is 0 Å². The lowest BCUT2D eigenvalue weighted by molar-refractivity contribution is 0.0929. The van der Waals surface area contributed by atoms with Gasteiger partial charge in [-0.25, -0.2) is 4.79 Å². The van der Waals surface area contributed by atoms with Gasteiger partial charge in [0, 0.05) is 38.2 Å². The fourth-order valence-electron chi connectivity index (χ4n) is 2.48. The lowest BCUT2D eigenvalue weighted by Gasteiger charge is -2.31. The Balaban J connectivity index is 1.49. The molecule has 0 unspecified atom stereocenters. The highest BCUT2D eigenvalue weighted by atomic mass is 16.6. The topological polar surface area (TPSA) is 71.9 Å². The second-order valence-electron chi connectivity index (χ2n) is 5.36. The number of phenols is 1. The van der Waals surface area contributed by atoms with E-state index in [1.807, 2.05) is 6.07 Å². The summed E-state index contributed by atoms with van der Waals surface area (Å²) in [6, 6.07) is 10.2. The molecule has 0 radical (unpaired) electrons. The quantitative estimate of drug-likeness (QED) is 0.943. The first-order valence-corrected chi connectivity index (χ1v) is 7.53. The normalized spacial score (nSPS) is 15.2. The summed E-state index contributed by atoms with van der Waals surface area (Å²) >= 11 is 0. The van der Waals surface area contributed by atoms with E-state index in [1.54, 1.807) is 41.4 Å². The third-order valence-electron chi connectivity index (χ3n) is 3.66. The molecule has 1 aliphatic rings. The molecule has 6 heteroatoms. The van der Waals surface area contributed by atoms with Crippen molar-refractivity contribution in [3.8, 4) is 17.2 Å². The van der Waals surface area contributed by atoms with Crippen LogP contribution in [0.4, 0.5) is 4.79 Å². The summed E-state index contributed by atoms with van der Waals surface area (Å²) in [5.74, 6) is 1.26. The lowest BCUT2D eigenvalue weighted by Crippen LogP contribution is -2.43. The number of pyridine rings is 1. The fourth-order valence-corrected chi connectivity index (χ4v) is 2.48. The molecule has 1 aromatic heterocycles. The molecule has 1 N–H and O–H groups in total. The van der Waals surface area contributed by atoms with Gasteiger partial charge in [-0.1, -0.05) is 6.07 Å². The summed E-state index contributed by atoms with van der Waals surface area (Å²) in [5, 5.41) is 9.44. The molecule has 1 aliphatic heterocycles. The molecule has 1 aromatic carbocycles. The van der Waals surface area contributed by atoms with E-state index in [9.17, 15) is 9.90 Å². The van der Waals surface area contributed by atoms with E-state index in [4.69, 9.17) is 9.47 Å². The number of likely N-dealkylation sites (tertiary alicyclic amines) is 1. The molecule has 0 aliphatic carbocycles. The number of carbonyl (C=O) groups is 1. The number of aromatic nitrogens is 1. The van der Waals surface area contributed by atoms with Gasteiger partial charge < -0.3 is 19.5 Å². The number of ether oxygens (including phenoxy) is 2. The van der Waals surface area contributed by atoms with Crippen LogP contribution in [0.5, 0.6) is 17.2 Å². The minimum absolute atomic E-state index is 0.0271. The summed E-state index contributed by atoms with van der Waals surface area (Å²) < 4.78 is 11.1. The van der Waals surface area contributed by atoms with Crippen LogP contribution in [0, 0.1) is 0 Å². The molecule has 3 rings (SSSR count). The van der Waals surface area contributed by atoms with Crippen molar-refractivity contribution in [3.63, 3.8) is 0 Å². The number of benzene rings is 1. The van der Waals surface area contributed by atoms with E-state index in [0.717, 1.165) is 12.8 Å². The molecule has 1 saturated heterocycles. The number of nitrogens with zero attached hydrogens (tertiary/aromatic N) is 2. The zero-order valence-electron chi connectivity index (χ0n) is 12.6. The van der Waals surface area contributed by atoms with Crippen LogP contribution in [-0.2, 0) is 0 Å². The SMILES string of the molecule is O=C(Oc1cccnc1)N1CCC(Oc2cccc(O)c2)CC1. The summed E-state index contributed by atoms with van der Waals surface area (Å²) in [6.45, 7) is 1.14. The average Bonchev–Trinajstić information content (AvgIpc) is 2.56. The number of carbonyl (C=O) groups excluding carboxylic acids is 1. The van der Waals surface area contributed by atoms with Crippen molar-refractivity contribution >= 4 is 6.09 Å². The lowest BCUT2D eigenvalue weighted by atomic mass is 10.1. The number of hydrogen-bond donors (Lipinski definition) is 1. The Morgan fingerprint density at radius 3 is 2.65 bits per heavy atom. The van der Waals surface area contributed by atoms with E-state index < -0.39 is 0 Å². The predicted molar refractivity (Wildman–Crippen MR) is 83.6 cm³/mol. The Bertz CT molecular complexity index is 655. The van der Waals surface area contributed by atoms with Crippen molar-refractivity contribution in [3.05, 3.63) is 48.8 Å². The summed E-state index contributed by atoms with van der Waals surface area (Å²) in [4.78, 5) is 17.7. The molecule has 120 valence electrons. The van der Waals surface area contributed by atoms with Crippen LogP contribution in [0.25, 0.3) is 0 Å². The van der Waals surface area contributed by atoms with Crippen LogP contribution >= 0.6 is 0 Å². The van der Waals surface area contributed by atoms with Gasteiger partial charge in [0.25, 0.3) is 0 Å². The zero-order chi connectivity index (χ0) is 16.1. The van der Waals surface area contributed by atoms with Crippen molar-refractivity contribution in [2.24, 2.45) is 0 Å². The van der Waals surface area contributed by atoms with E-state index in [-0.39, 0.29) is 17.9 Å². The van der Waals surface area contributed by atoms with Crippen LogP contribution in [0.1, 0.15) is 12.8 Å². The first kappa shape index (κ1) is 15.1. The second-order valence-corrected chi connectivity index (χ2v) is 5.36. The number of piperidine rings is 1. The number of rotatable bonds is 3. The monoisotopic (exact) mass is 314 g/mol. The van der Waals surface area contributed by atoms with E-state index >= 15 is 0 Å². The van der Waals surface area contributed by atoms with Crippen LogP contribution in [0.2, 0.25) is 0 Å². The molecule has 0 saturated carbocycles. The first-order valence-electron chi connectivity index (χ1n) is 7.53. The highest BCUT2D eigenvalue weighted by molar-refractivity contribution is 5.70. The van der Waals surface area contributed by atoms with Gasteiger partial charge in [0.2, 0.25) is 0 Å². The molecule has 0 spiro atoms. The summed E-state index contributed by atoms with van der Waals surface area (Å²) in [5.41, 5.74) is 0. The average molecular weight is 314 g/mol. The van der Waals surface area contributed by atoms with Gasteiger partial charge in [-0.15, -0.1) is 0 Å². The maximum Gasteiger partial charge on any atom is 0.415 e. The minimum Gasteiger partial charge on any atom is -0.508 e. The molecule has 0 atom stereocenters. The molecule has 6 nitrogen and oxygen atoms in total. The zero-order valence-corrected chi connectivity index (χ0v) is 12.6. The number of phenolic OH excluding ortho intramolecular Hbond substituents is 1. The van der Waals surface area contributed by atoms with E-state index in [2.05, 4.69) is 4.98 Å². The smallest absolute Gasteiger partial charge is 0.415 e. The molecule has 2 heterocycles. The van der Waals surface area contributed by atoms with Crippen molar-refractivity contribution in [1.29, 1.82) is 0 Å². The highest BCUT2D eigenvalue weighted by Gasteiger charge is 2.25. The number of aromatic hydroxyl groups is 1. The van der Waals surface area contributed by atoms with Crippen LogP contribution in [0.15, 0.2) is 48.8 Å². The molecule has 1 fully saturated rings. The van der Waals surface area contributed by atoms with Crippen LogP contribution in [-0.4, -0.2) is 40.3 Å². The molecule has 2 aromatic rings. The van der Waals surface area contributed by atoms with Gasteiger partial charge in [-0.3, -0.25) is 4.98 Å². The Kier molecular flexibility index (Phi) is 4.61. The van der Waals surface area contributed by atoms with Gasteiger partial charge >= 0.3 is 6.09 Å². The van der Waals surface area contributed by atoms with Gasteiger partial charge in [-0.2, -0.15) is 0 Å². The van der Waals surface area contributed by atoms with Crippen molar-refractivity contribution in [2.45, 2.75) is 18.9 Å². The summed E-state index contributed by atoms with van der Waals surface area (Å²) in [7, 11) is 0. The molecule has 23 heavy (non-hydrogen) atoms. The molecule has 1 amide bonds. The minimum atomic E-state index is -0.367.